The number of likely N-dealkylation sites (N-methyl/N-ethyl adjacent to an activating group) is 2. The maximum absolute atomic E-state index is 5.45. The first-order valence-electron chi connectivity index (χ1n) is 7.71. The van der Waals surface area contributed by atoms with Crippen LogP contribution in [0.2, 0.25) is 0 Å². The fourth-order valence-electron chi connectivity index (χ4n) is 4.18. The minimum atomic E-state index is 0.218. The van der Waals surface area contributed by atoms with E-state index in [9.17, 15) is 0 Å². The van der Waals surface area contributed by atoms with Crippen molar-refractivity contribution in [3.05, 3.63) is 29.3 Å². The van der Waals surface area contributed by atoms with Crippen LogP contribution in [0.4, 0.5) is 0 Å². The summed E-state index contributed by atoms with van der Waals surface area (Å²) in [6.07, 6.45) is 2.35. The second-order valence-electron chi connectivity index (χ2n) is 6.48. The zero-order valence-electron chi connectivity index (χ0n) is 13.1. The fraction of sp³-hybridized carbons (Fsp3) is 0.647. The van der Waals surface area contributed by atoms with Crippen LogP contribution in [-0.2, 0) is 11.8 Å². The molecule has 0 saturated carbocycles. The Balaban J connectivity index is 2.09. The molecule has 0 amide bonds. The molecule has 1 fully saturated rings. The lowest BCUT2D eigenvalue weighted by atomic mass is 9.61. The number of hydrogen-bond acceptors (Lipinski definition) is 3. The Morgan fingerprint density at radius 2 is 2.25 bits per heavy atom. The van der Waals surface area contributed by atoms with E-state index < -0.39 is 0 Å². The predicted octanol–water partition coefficient (Wildman–Crippen LogP) is 2.19. The van der Waals surface area contributed by atoms with Gasteiger partial charge in [-0.3, -0.25) is 0 Å². The Bertz CT molecular complexity index is 502. The number of likely N-dealkylation sites (tertiary alicyclic amines) is 1. The summed E-state index contributed by atoms with van der Waals surface area (Å²) in [6, 6.07) is 7.77. The average Bonchev–Trinajstić information content (AvgIpc) is 2.46. The Labute approximate surface area is 122 Å². The van der Waals surface area contributed by atoms with Crippen LogP contribution in [0, 0.1) is 0 Å². The molecule has 3 atom stereocenters. The van der Waals surface area contributed by atoms with E-state index in [0.29, 0.717) is 12.1 Å². The van der Waals surface area contributed by atoms with Crippen molar-refractivity contribution in [1.82, 2.24) is 10.2 Å². The van der Waals surface area contributed by atoms with Gasteiger partial charge in [0.15, 0.2) is 0 Å². The van der Waals surface area contributed by atoms with E-state index in [4.69, 9.17) is 4.74 Å². The van der Waals surface area contributed by atoms with Crippen molar-refractivity contribution in [2.24, 2.45) is 0 Å². The van der Waals surface area contributed by atoms with E-state index >= 15 is 0 Å². The number of nitrogens with one attached hydrogen (secondary N) is 1. The molecule has 20 heavy (non-hydrogen) atoms. The SMILES string of the molecule is CCN[C@H]1[C@H]2Cc3ccc(OC)cc3C1(C)CCN2C. The van der Waals surface area contributed by atoms with Crippen molar-refractivity contribution >= 4 is 0 Å². The summed E-state index contributed by atoms with van der Waals surface area (Å²) >= 11 is 0. The Morgan fingerprint density at radius 1 is 1.45 bits per heavy atom. The normalized spacial score (nSPS) is 32.8. The Kier molecular flexibility index (Phi) is 3.51. The molecule has 1 aromatic carbocycles. The van der Waals surface area contributed by atoms with E-state index in [-0.39, 0.29) is 5.41 Å². The summed E-state index contributed by atoms with van der Waals surface area (Å²) in [7, 11) is 4.02. The Hall–Kier alpha value is -1.06. The van der Waals surface area contributed by atoms with Gasteiger partial charge < -0.3 is 15.0 Å². The van der Waals surface area contributed by atoms with Crippen LogP contribution < -0.4 is 10.1 Å². The molecule has 0 radical (unpaired) electrons. The second kappa shape index (κ2) is 5.05. The molecule has 110 valence electrons. The van der Waals surface area contributed by atoms with E-state index in [1.54, 1.807) is 7.11 Å². The number of methoxy groups -OCH3 is 1. The molecule has 3 nitrogen and oxygen atoms in total. The van der Waals surface area contributed by atoms with Gasteiger partial charge in [0.25, 0.3) is 0 Å². The molecule has 2 bridgehead atoms. The summed E-state index contributed by atoms with van der Waals surface area (Å²) in [5, 5.41) is 3.75. The minimum absolute atomic E-state index is 0.218. The molecule has 0 spiro atoms. The number of ether oxygens (including phenoxy) is 1. The molecule has 1 aliphatic carbocycles. The second-order valence-corrected chi connectivity index (χ2v) is 6.48. The summed E-state index contributed by atoms with van der Waals surface area (Å²) < 4.78 is 5.45. The number of fused-ring (bicyclic) bond motifs is 4. The third-order valence-electron chi connectivity index (χ3n) is 5.41. The van der Waals surface area contributed by atoms with Gasteiger partial charge in [0.05, 0.1) is 7.11 Å². The third-order valence-corrected chi connectivity index (χ3v) is 5.41. The number of hydrogen-bond donors (Lipinski definition) is 1. The van der Waals surface area contributed by atoms with Crippen molar-refractivity contribution < 1.29 is 4.74 Å². The van der Waals surface area contributed by atoms with Crippen molar-refractivity contribution in [3.8, 4) is 5.75 Å². The van der Waals surface area contributed by atoms with Crippen LogP contribution >= 0.6 is 0 Å². The van der Waals surface area contributed by atoms with Crippen LogP contribution in [0.1, 0.15) is 31.4 Å². The summed E-state index contributed by atoms with van der Waals surface area (Å²) in [4.78, 5) is 2.53. The largest absolute Gasteiger partial charge is 0.497 e. The number of benzene rings is 1. The smallest absolute Gasteiger partial charge is 0.119 e. The van der Waals surface area contributed by atoms with E-state index in [0.717, 1.165) is 18.7 Å². The van der Waals surface area contributed by atoms with E-state index in [2.05, 4.69) is 49.3 Å². The number of nitrogens with zero attached hydrogens (tertiary/aromatic N) is 1. The monoisotopic (exact) mass is 274 g/mol. The molecule has 3 rings (SSSR count). The van der Waals surface area contributed by atoms with Gasteiger partial charge in [-0.15, -0.1) is 0 Å². The predicted molar refractivity (Wildman–Crippen MR) is 82.5 cm³/mol. The lowest BCUT2D eigenvalue weighted by molar-refractivity contribution is 0.0669. The highest BCUT2D eigenvalue weighted by molar-refractivity contribution is 5.45. The zero-order valence-corrected chi connectivity index (χ0v) is 13.1. The summed E-state index contributed by atoms with van der Waals surface area (Å²) in [5.41, 5.74) is 3.21. The first kappa shape index (κ1) is 13.9. The third kappa shape index (κ3) is 1.95. The van der Waals surface area contributed by atoms with Gasteiger partial charge in [-0.05, 0) is 56.2 Å². The topological polar surface area (TPSA) is 24.5 Å². The molecular weight excluding hydrogens is 248 g/mol. The van der Waals surface area contributed by atoms with Crippen LogP contribution in [-0.4, -0.2) is 44.2 Å². The molecule has 1 unspecified atom stereocenters. The lowest BCUT2D eigenvalue weighted by Gasteiger charge is -2.55. The standard InChI is InChI=1S/C17H26N2O/c1-5-18-16-15-10-12-6-7-13(20-4)11-14(12)17(16,2)8-9-19(15)3/h6-7,11,15-16,18H,5,8-10H2,1-4H3/t15-,16+,17?/m1/s1. The molecule has 1 aromatic rings. The van der Waals surface area contributed by atoms with Crippen molar-refractivity contribution in [2.75, 3.05) is 27.2 Å². The van der Waals surface area contributed by atoms with E-state index in [1.165, 1.54) is 24.1 Å². The summed E-state index contributed by atoms with van der Waals surface area (Å²) in [6.45, 7) is 6.85. The van der Waals surface area contributed by atoms with Crippen molar-refractivity contribution in [3.63, 3.8) is 0 Å². The van der Waals surface area contributed by atoms with Gasteiger partial charge in [0.2, 0.25) is 0 Å². The Morgan fingerprint density at radius 3 is 2.95 bits per heavy atom. The minimum Gasteiger partial charge on any atom is -0.497 e. The number of piperidine rings is 1. The van der Waals surface area contributed by atoms with Crippen molar-refractivity contribution in [2.45, 2.75) is 44.2 Å². The van der Waals surface area contributed by atoms with Crippen LogP contribution in [0.5, 0.6) is 5.75 Å². The molecule has 1 heterocycles. The van der Waals surface area contributed by atoms with Gasteiger partial charge in [0.1, 0.15) is 5.75 Å². The van der Waals surface area contributed by atoms with Gasteiger partial charge >= 0.3 is 0 Å². The van der Waals surface area contributed by atoms with E-state index in [1.807, 2.05) is 0 Å². The van der Waals surface area contributed by atoms with Gasteiger partial charge in [-0.1, -0.05) is 19.9 Å². The number of rotatable bonds is 3. The van der Waals surface area contributed by atoms with Crippen molar-refractivity contribution in [1.29, 1.82) is 0 Å². The average molecular weight is 274 g/mol. The van der Waals surface area contributed by atoms with Gasteiger partial charge in [-0.2, -0.15) is 0 Å². The van der Waals surface area contributed by atoms with Crippen LogP contribution in [0.15, 0.2) is 18.2 Å². The molecule has 1 N–H and O–H groups in total. The molecule has 3 heteroatoms. The van der Waals surface area contributed by atoms with Crippen LogP contribution in [0.25, 0.3) is 0 Å². The van der Waals surface area contributed by atoms with Gasteiger partial charge in [0, 0.05) is 17.5 Å². The highest BCUT2D eigenvalue weighted by Crippen LogP contribution is 2.45. The first-order chi connectivity index (χ1) is 9.60. The maximum Gasteiger partial charge on any atom is 0.119 e. The molecular formula is C17H26N2O. The highest BCUT2D eigenvalue weighted by atomic mass is 16.5. The van der Waals surface area contributed by atoms with Gasteiger partial charge in [-0.25, -0.2) is 0 Å². The summed E-state index contributed by atoms with van der Waals surface area (Å²) in [5.74, 6) is 0.984. The quantitative estimate of drug-likeness (QED) is 0.914. The lowest BCUT2D eigenvalue weighted by Crippen LogP contribution is -2.66. The fourth-order valence-corrected chi connectivity index (χ4v) is 4.18. The molecule has 0 aromatic heterocycles. The first-order valence-corrected chi connectivity index (χ1v) is 7.71. The highest BCUT2D eigenvalue weighted by Gasteiger charge is 2.49. The van der Waals surface area contributed by atoms with Crippen LogP contribution in [0.3, 0.4) is 0 Å². The zero-order chi connectivity index (χ0) is 14.3. The maximum atomic E-state index is 5.45. The molecule has 1 saturated heterocycles. The molecule has 1 aliphatic heterocycles. The molecule has 2 aliphatic rings.